The summed E-state index contributed by atoms with van der Waals surface area (Å²) in [5, 5.41) is 13.4. The Balaban J connectivity index is 0.00000312. The van der Waals surface area contributed by atoms with Crippen LogP contribution in [0.2, 0.25) is 0 Å². The Kier molecular flexibility index (Phi) is 8.11. The highest BCUT2D eigenvalue weighted by atomic mass is 127. The fourth-order valence-electron chi connectivity index (χ4n) is 2.92. The van der Waals surface area contributed by atoms with Crippen molar-refractivity contribution < 1.29 is 14.6 Å². The number of hydrogen-bond donors (Lipinski definition) is 2. The van der Waals surface area contributed by atoms with Gasteiger partial charge >= 0.3 is 0 Å². The predicted octanol–water partition coefficient (Wildman–Crippen LogP) is 3.22. The summed E-state index contributed by atoms with van der Waals surface area (Å²) in [6.07, 6.45) is 1.16. The molecule has 0 unspecified atom stereocenters. The van der Waals surface area contributed by atoms with Gasteiger partial charge in [0.25, 0.3) is 0 Å². The van der Waals surface area contributed by atoms with Crippen molar-refractivity contribution >= 4 is 29.9 Å². The van der Waals surface area contributed by atoms with E-state index in [1.54, 1.807) is 12.1 Å². The molecule has 1 aromatic rings. The molecule has 1 heterocycles. The Labute approximate surface area is 167 Å². The number of ether oxygens (including phenoxy) is 2. The van der Waals surface area contributed by atoms with E-state index in [2.05, 4.69) is 31.0 Å². The van der Waals surface area contributed by atoms with E-state index in [4.69, 9.17) is 14.5 Å². The normalized spacial score (nSPS) is 16.4. The van der Waals surface area contributed by atoms with E-state index in [1.807, 2.05) is 0 Å². The van der Waals surface area contributed by atoms with E-state index >= 15 is 0 Å². The SMILES string of the molecule is CCNC(=NCc1cc(OC)c(O)c(OC)c1)N1CCC(C)(C)C1.I. The predicted molar refractivity (Wildman–Crippen MR) is 111 cm³/mol. The molecule has 1 aliphatic heterocycles. The second kappa shape index (κ2) is 9.35. The number of phenols is 1. The van der Waals surface area contributed by atoms with Crippen LogP contribution < -0.4 is 14.8 Å². The van der Waals surface area contributed by atoms with E-state index in [9.17, 15) is 5.11 Å². The van der Waals surface area contributed by atoms with E-state index in [0.717, 1.165) is 37.6 Å². The van der Waals surface area contributed by atoms with Gasteiger partial charge in [0, 0.05) is 19.6 Å². The van der Waals surface area contributed by atoms with Gasteiger partial charge in [0.05, 0.1) is 20.8 Å². The van der Waals surface area contributed by atoms with E-state index < -0.39 is 0 Å². The lowest BCUT2D eigenvalue weighted by Gasteiger charge is -2.23. The molecule has 0 radical (unpaired) electrons. The monoisotopic (exact) mass is 463 g/mol. The van der Waals surface area contributed by atoms with Gasteiger partial charge in [-0.05, 0) is 36.5 Å². The summed E-state index contributed by atoms with van der Waals surface area (Å²) in [6.45, 7) is 9.98. The van der Waals surface area contributed by atoms with Crippen molar-refractivity contribution in [2.75, 3.05) is 33.9 Å². The van der Waals surface area contributed by atoms with Crippen LogP contribution in [0.5, 0.6) is 17.2 Å². The molecule has 0 saturated carbocycles. The van der Waals surface area contributed by atoms with Crippen LogP contribution >= 0.6 is 24.0 Å². The van der Waals surface area contributed by atoms with Crippen molar-refractivity contribution in [3.05, 3.63) is 17.7 Å². The fourth-order valence-corrected chi connectivity index (χ4v) is 2.92. The van der Waals surface area contributed by atoms with Gasteiger partial charge in [0.15, 0.2) is 17.5 Å². The molecule has 142 valence electrons. The highest BCUT2D eigenvalue weighted by Crippen LogP contribution is 2.37. The van der Waals surface area contributed by atoms with Crippen molar-refractivity contribution in [2.45, 2.75) is 33.7 Å². The summed E-state index contributed by atoms with van der Waals surface area (Å²) in [7, 11) is 3.05. The fraction of sp³-hybridized carbons (Fsp3) is 0.611. The average Bonchev–Trinajstić information content (AvgIpc) is 2.92. The zero-order chi connectivity index (χ0) is 17.7. The second-order valence-corrected chi connectivity index (χ2v) is 6.85. The summed E-state index contributed by atoms with van der Waals surface area (Å²) in [6, 6.07) is 3.58. The van der Waals surface area contributed by atoms with E-state index in [0.29, 0.717) is 23.5 Å². The van der Waals surface area contributed by atoms with Crippen molar-refractivity contribution in [3.8, 4) is 17.2 Å². The number of nitrogens with zero attached hydrogens (tertiary/aromatic N) is 2. The first-order valence-electron chi connectivity index (χ1n) is 8.37. The van der Waals surface area contributed by atoms with Crippen molar-refractivity contribution in [1.82, 2.24) is 10.2 Å². The summed E-state index contributed by atoms with van der Waals surface area (Å²) in [5.41, 5.74) is 1.25. The minimum Gasteiger partial charge on any atom is -0.502 e. The van der Waals surface area contributed by atoms with Gasteiger partial charge in [-0.1, -0.05) is 13.8 Å². The first-order valence-corrected chi connectivity index (χ1v) is 8.37. The third-order valence-electron chi connectivity index (χ3n) is 4.26. The minimum atomic E-state index is 0. The van der Waals surface area contributed by atoms with Gasteiger partial charge in [-0.2, -0.15) is 0 Å². The van der Waals surface area contributed by atoms with Crippen LogP contribution in [0.15, 0.2) is 17.1 Å². The molecule has 0 aliphatic carbocycles. The number of hydrogen-bond acceptors (Lipinski definition) is 4. The van der Waals surface area contributed by atoms with Crippen LogP contribution in [-0.2, 0) is 6.54 Å². The van der Waals surface area contributed by atoms with Crippen LogP contribution in [-0.4, -0.2) is 49.8 Å². The smallest absolute Gasteiger partial charge is 0.200 e. The zero-order valence-corrected chi connectivity index (χ0v) is 18.1. The average molecular weight is 463 g/mol. The number of benzene rings is 1. The van der Waals surface area contributed by atoms with E-state index in [1.165, 1.54) is 14.2 Å². The van der Waals surface area contributed by atoms with Crippen molar-refractivity contribution in [2.24, 2.45) is 10.4 Å². The molecule has 6 nitrogen and oxygen atoms in total. The third kappa shape index (κ3) is 5.55. The Morgan fingerprint density at radius 2 is 1.88 bits per heavy atom. The number of rotatable bonds is 5. The van der Waals surface area contributed by atoms with Gasteiger partial charge in [0.2, 0.25) is 5.75 Å². The molecule has 0 amide bonds. The number of methoxy groups -OCH3 is 2. The Morgan fingerprint density at radius 1 is 1.28 bits per heavy atom. The first kappa shape index (κ1) is 21.7. The second-order valence-electron chi connectivity index (χ2n) is 6.85. The maximum atomic E-state index is 10.00. The molecule has 0 spiro atoms. The topological polar surface area (TPSA) is 66.3 Å². The molecule has 1 aromatic carbocycles. The number of aromatic hydroxyl groups is 1. The molecular formula is C18H30IN3O3. The van der Waals surface area contributed by atoms with E-state index in [-0.39, 0.29) is 29.7 Å². The molecule has 1 fully saturated rings. The van der Waals surface area contributed by atoms with Gasteiger partial charge < -0.3 is 24.8 Å². The number of phenolic OH excluding ortho intramolecular Hbond substituents is 1. The number of nitrogens with one attached hydrogen (secondary N) is 1. The van der Waals surface area contributed by atoms with Crippen molar-refractivity contribution in [3.63, 3.8) is 0 Å². The Bertz CT molecular complexity index is 580. The molecule has 25 heavy (non-hydrogen) atoms. The molecule has 1 aliphatic rings. The van der Waals surface area contributed by atoms with Crippen LogP contribution in [0.25, 0.3) is 0 Å². The zero-order valence-electron chi connectivity index (χ0n) is 15.8. The maximum Gasteiger partial charge on any atom is 0.200 e. The van der Waals surface area contributed by atoms with Crippen LogP contribution in [0.3, 0.4) is 0 Å². The molecule has 7 heteroatoms. The number of guanidine groups is 1. The van der Waals surface area contributed by atoms with Crippen LogP contribution in [0.1, 0.15) is 32.8 Å². The lowest BCUT2D eigenvalue weighted by molar-refractivity contribution is 0.339. The summed E-state index contributed by atoms with van der Waals surface area (Å²) in [4.78, 5) is 7.05. The molecule has 2 N–H and O–H groups in total. The molecular weight excluding hydrogens is 433 g/mol. The van der Waals surface area contributed by atoms with Crippen LogP contribution in [0.4, 0.5) is 0 Å². The lowest BCUT2D eigenvalue weighted by atomic mass is 9.93. The lowest BCUT2D eigenvalue weighted by Crippen LogP contribution is -2.40. The largest absolute Gasteiger partial charge is 0.502 e. The minimum absolute atomic E-state index is 0. The first-order chi connectivity index (χ1) is 11.4. The Morgan fingerprint density at radius 3 is 2.32 bits per heavy atom. The standard InChI is InChI=1S/C18H29N3O3.HI/c1-6-19-17(21-8-7-18(2,3)12-21)20-11-13-9-14(23-4)16(22)15(10-13)24-5;/h9-10,22H,6-8,11-12H2,1-5H3,(H,19,20);1H. The van der Waals surface area contributed by atoms with Crippen molar-refractivity contribution in [1.29, 1.82) is 0 Å². The summed E-state index contributed by atoms with van der Waals surface area (Å²) >= 11 is 0. The summed E-state index contributed by atoms with van der Waals surface area (Å²) in [5.74, 6) is 1.73. The third-order valence-corrected chi connectivity index (χ3v) is 4.26. The number of aliphatic imine (C=N–C) groups is 1. The maximum absolute atomic E-state index is 10.00. The molecule has 1 saturated heterocycles. The molecule has 0 aromatic heterocycles. The van der Waals surface area contributed by atoms with Gasteiger partial charge in [-0.15, -0.1) is 24.0 Å². The molecule has 0 bridgehead atoms. The molecule has 0 atom stereocenters. The van der Waals surface area contributed by atoms with Gasteiger partial charge in [0.1, 0.15) is 0 Å². The van der Waals surface area contributed by atoms with Gasteiger partial charge in [-0.3, -0.25) is 0 Å². The van der Waals surface area contributed by atoms with Crippen LogP contribution in [0, 0.1) is 5.41 Å². The van der Waals surface area contributed by atoms with Gasteiger partial charge in [-0.25, -0.2) is 4.99 Å². The highest BCUT2D eigenvalue weighted by molar-refractivity contribution is 14.0. The Hall–Kier alpha value is -1.38. The quantitative estimate of drug-likeness (QED) is 0.399. The highest BCUT2D eigenvalue weighted by Gasteiger charge is 2.30. The summed E-state index contributed by atoms with van der Waals surface area (Å²) < 4.78 is 10.4. The number of halogens is 1. The molecule has 2 rings (SSSR count). The number of likely N-dealkylation sites (tertiary alicyclic amines) is 1.